The minimum absolute atomic E-state index is 0. The minimum atomic E-state index is -3.62. The zero-order chi connectivity index (χ0) is 16.5. The summed E-state index contributed by atoms with van der Waals surface area (Å²) >= 11 is 1.18. The number of nitrogens with zero attached hydrogens (tertiary/aromatic N) is 2. The average Bonchev–Trinajstić information content (AvgIpc) is 3.22. The Morgan fingerprint density at radius 1 is 1.50 bits per heavy atom. The van der Waals surface area contributed by atoms with Crippen molar-refractivity contribution in [2.45, 2.75) is 23.6 Å². The molecule has 1 atom stereocenters. The fourth-order valence-corrected chi connectivity index (χ4v) is 4.91. The highest BCUT2D eigenvalue weighted by molar-refractivity contribution is 14.0. The summed E-state index contributed by atoms with van der Waals surface area (Å²) in [6, 6.07) is 3.32. The first-order valence-electron chi connectivity index (χ1n) is 7.57. The van der Waals surface area contributed by atoms with Gasteiger partial charge in [0.2, 0.25) is 10.0 Å². The van der Waals surface area contributed by atoms with E-state index in [4.69, 9.17) is 9.88 Å². The van der Waals surface area contributed by atoms with Crippen molar-refractivity contribution in [2.75, 3.05) is 33.4 Å². The van der Waals surface area contributed by atoms with Crippen LogP contribution in [0.2, 0.25) is 0 Å². The van der Waals surface area contributed by atoms with Crippen LogP contribution in [0.5, 0.6) is 0 Å². The van der Waals surface area contributed by atoms with Crippen molar-refractivity contribution in [1.82, 2.24) is 10.2 Å². The second-order valence-electron chi connectivity index (χ2n) is 6.14. The molecule has 2 saturated heterocycles. The van der Waals surface area contributed by atoms with E-state index in [9.17, 15) is 8.42 Å². The molecule has 0 saturated carbocycles. The molecule has 0 aliphatic carbocycles. The Morgan fingerprint density at radius 2 is 2.29 bits per heavy atom. The number of sulfonamides is 1. The molecule has 3 rings (SSSR count). The van der Waals surface area contributed by atoms with Crippen molar-refractivity contribution in [3.63, 3.8) is 0 Å². The molecule has 2 aliphatic heterocycles. The standard InChI is InChI=1S/C14H22N4O3S2.HI/c1-16-13(18-6-4-14(9-18)5-7-21-10-14)17-8-11-2-3-12(22-11)23(15,19)20;/h2-3H,4-10H2,1H3,(H,16,17)(H2,15,19,20);1H. The van der Waals surface area contributed by atoms with Crippen molar-refractivity contribution in [3.8, 4) is 0 Å². The molecule has 1 spiro atoms. The molecule has 0 bridgehead atoms. The van der Waals surface area contributed by atoms with Gasteiger partial charge >= 0.3 is 0 Å². The van der Waals surface area contributed by atoms with E-state index in [0.717, 1.165) is 50.0 Å². The number of thiophene rings is 1. The number of hydrogen-bond acceptors (Lipinski definition) is 5. The van der Waals surface area contributed by atoms with E-state index in [0.29, 0.717) is 6.54 Å². The van der Waals surface area contributed by atoms with Gasteiger partial charge in [-0.25, -0.2) is 13.6 Å². The fourth-order valence-electron chi connectivity index (χ4n) is 3.19. The van der Waals surface area contributed by atoms with E-state index < -0.39 is 10.0 Å². The first-order valence-corrected chi connectivity index (χ1v) is 9.93. The highest BCUT2D eigenvalue weighted by atomic mass is 127. The van der Waals surface area contributed by atoms with Crippen molar-refractivity contribution < 1.29 is 13.2 Å². The molecule has 1 aromatic rings. The molecule has 10 heteroatoms. The molecule has 3 N–H and O–H groups in total. The highest BCUT2D eigenvalue weighted by Crippen LogP contribution is 2.38. The molecule has 1 aromatic heterocycles. The van der Waals surface area contributed by atoms with Crippen molar-refractivity contribution >= 4 is 51.3 Å². The van der Waals surface area contributed by atoms with Gasteiger partial charge in [-0.3, -0.25) is 4.99 Å². The Labute approximate surface area is 163 Å². The van der Waals surface area contributed by atoms with Gasteiger partial charge < -0.3 is 15.0 Å². The lowest BCUT2D eigenvalue weighted by Crippen LogP contribution is -2.41. The van der Waals surface area contributed by atoms with E-state index in [2.05, 4.69) is 15.2 Å². The number of hydrogen-bond donors (Lipinski definition) is 2. The van der Waals surface area contributed by atoms with Crippen LogP contribution in [0.25, 0.3) is 0 Å². The summed E-state index contributed by atoms with van der Waals surface area (Å²) in [7, 11) is -1.85. The molecule has 24 heavy (non-hydrogen) atoms. The summed E-state index contributed by atoms with van der Waals surface area (Å²) in [4.78, 5) is 7.51. The van der Waals surface area contributed by atoms with Gasteiger partial charge in [0.15, 0.2) is 5.96 Å². The van der Waals surface area contributed by atoms with Gasteiger partial charge in [-0.05, 0) is 25.0 Å². The maximum Gasteiger partial charge on any atom is 0.247 e. The third-order valence-electron chi connectivity index (χ3n) is 4.47. The summed E-state index contributed by atoms with van der Waals surface area (Å²) in [6.45, 7) is 4.15. The Bertz CT molecular complexity index is 699. The number of nitrogens with one attached hydrogen (secondary N) is 1. The monoisotopic (exact) mass is 486 g/mol. The van der Waals surface area contributed by atoms with Gasteiger partial charge in [0, 0.05) is 37.0 Å². The van der Waals surface area contributed by atoms with Crippen LogP contribution >= 0.6 is 35.3 Å². The van der Waals surface area contributed by atoms with Gasteiger partial charge in [0.1, 0.15) is 4.21 Å². The number of nitrogens with two attached hydrogens (primary N) is 1. The lowest BCUT2D eigenvalue weighted by atomic mass is 9.87. The van der Waals surface area contributed by atoms with Crippen LogP contribution in [0.1, 0.15) is 17.7 Å². The van der Waals surface area contributed by atoms with Crippen LogP contribution in [-0.4, -0.2) is 52.6 Å². The highest BCUT2D eigenvalue weighted by Gasteiger charge is 2.42. The normalized spacial score (nSPS) is 24.4. The maximum atomic E-state index is 11.3. The molecular formula is C14H23IN4O3S2. The number of aliphatic imine (C=N–C) groups is 1. The molecule has 0 radical (unpaired) electrons. The van der Waals surface area contributed by atoms with E-state index in [1.807, 2.05) is 0 Å². The van der Waals surface area contributed by atoms with Gasteiger partial charge in [0.25, 0.3) is 0 Å². The number of primary sulfonamides is 1. The van der Waals surface area contributed by atoms with Crippen molar-refractivity contribution in [2.24, 2.45) is 15.5 Å². The molecule has 1 unspecified atom stereocenters. The second-order valence-corrected chi connectivity index (χ2v) is 9.10. The average molecular weight is 486 g/mol. The Balaban J connectivity index is 0.00000208. The fraction of sp³-hybridized carbons (Fsp3) is 0.643. The number of halogens is 1. The summed E-state index contributed by atoms with van der Waals surface area (Å²) in [5.41, 5.74) is 0.279. The van der Waals surface area contributed by atoms with E-state index in [1.165, 1.54) is 11.3 Å². The molecule has 0 aromatic carbocycles. The lowest BCUT2D eigenvalue weighted by Gasteiger charge is -2.24. The maximum absolute atomic E-state index is 11.3. The van der Waals surface area contributed by atoms with E-state index >= 15 is 0 Å². The predicted octanol–water partition coefficient (Wildman–Crippen LogP) is 1.20. The second kappa shape index (κ2) is 7.85. The lowest BCUT2D eigenvalue weighted by molar-refractivity contribution is 0.156. The molecule has 3 heterocycles. The van der Waals surface area contributed by atoms with Crippen LogP contribution in [0.3, 0.4) is 0 Å². The van der Waals surface area contributed by atoms with Gasteiger partial charge in [-0.2, -0.15) is 0 Å². The van der Waals surface area contributed by atoms with Gasteiger partial charge in [-0.15, -0.1) is 35.3 Å². The molecule has 2 fully saturated rings. The summed E-state index contributed by atoms with van der Waals surface area (Å²) in [5.74, 6) is 0.847. The summed E-state index contributed by atoms with van der Waals surface area (Å²) < 4.78 is 28.4. The van der Waals surface area contributed by atoms with E-state index in [-0.39, 0.29) is 33.6 Å². The number of likely N-dealkylation sites (tertiary alicyclic amines) is 1. The Kier molecular flexibility index (Phi) is 6.51. The zero-order valence-corrected chi connectivity index (χ0v) is 17.5. The molecule has 7 nitrogen and oxygen atoms in total. The zero-order valence-electron chi connectivity index (χ0n) is 13.5. The third-order valence-corrected chi connectivity index (χ3v) is 7.00. The minimum Gasteiger partial charge on any atom is -0.381 e. The summed E-state index contributed by atoms with van der Waals surface area (Å²) in [6.07, 6.45) is 2.24. The first-order chi connectivity index (χ1) is 10.9. The predicted molar refractivity (Wildman–Crippen MR) is 105 cm³/mol. The van der Waals surface area contributed by atoms with Crippen LogP contribution in [0.4, 0.5) is 0 Å². The SMILES string of the molecule is CN=C(NCc1ccc(S(N)(=O)=O)s1)N1CCC2(CCOC2)C1.I. The largest absolute Gasteiger partial charge is 0.381 e. The Morgan fingerprint density at radius 3 is 2.88 bits per heavy atom. The van der Waals surface area contributed by atoms with Crippen LogP contribution in [0, 0.1) is 5.41 Å². The number of rotatable bonds is 3. The van der Waals surface area contributed by atoms with Crippen molar-refractivity contribution in [1.29, 1.82) is 0 Å². The Hall–Kier alpha value is -0.430. The van der Waals surface area contributed by atoms with Crippen LogP contribution in [-0.2, 0) is 21.3 Å². The number of guanidine groups is 1. The van der Waals surface area contributed by atoms with Gasteiger partial charge in [-0.1, -0.05) is 0 Å². The topological polar surface area (TPSA) is 97.0 Å². The number of ether oxygens (including phenoxy) is 1. The van der Waals surface area contributed by atoms with Crippen LogP contribution < -0.4 is 10.5 Å². The van der Waals surface area contributed by atoms with E-state index in [1.54, 1.807) is 19.2 Å². The molecule has 2 aliphatic rings. The van der Waals surface area contributed by atoms with Crippen molar-refractivity contribution in [3.05, 3.63) is 17.0 Å². The molecule has 136 valence electrons. The van der Waals surface area contributed by atoms with Crippen LogP contribution in [0.15, 0.2) is 21.3 Å². The molecule has 0 amide bonds. The third kappa shape index (κ3) is 4.40. The smallest absolute Gasteiger partial charge is 0.247 e. The van der Waals surface area contributed by atoms with Gasteiger partial charge in [0.05, 0.1) is 13.2 Å². The first kappa shape index (κ1) is 19.9. The quantitative estimate of drug-likeness (QED) is 0.380. The molecular weight excluding hydrogens is 463 g/mol. The summed E-state index contributed by atoms with van der Waals surface area (Å²) in [5, 5.41) is 8.45.